The molecule has 0 spiro atoms. The largest absolute Gasteiger partial charge is 0.0679 e. The summed E-state index contributed by atoms with van der Waals surface area (Å²) >= 11 is 0. The van der Waals surface area contributed by atoms with E-state index >= 15 is 0 Å². The standard InChI is InChI=1S/C20H36/c1-13(2)17-9-10-19(15(5)6)20(16(7)8)12-11-18(17)14(3)4/h13-16H,9-12H2,1-8H3. The van der Waals surface area contributed by atoms with E-state index in [2.05, 4.69) is 55.4 Å². The first-order valence-corrected chi connectivity index (χ1v) is 8.69. The molecule has 0 aliphatic heterocycles. The lowest BCUT2D eigenvalue weighted by Crippen LogP contribution is -2.13. The second-order valence-corrected chi connectivity index (χ2v) is 7.72. The van der Waals surface area contributed by atoms with Crippen LogP contribution in [0, 0.1) is 23.7 Å². The van der Waals surface area contributed by atoms with Gasteiger partial charge in [0.05, 0.1) is 0 Å². The van der Waals surface area contributed by atoms with E-state index in [1.54, 1.807) is 22.3 Å². The summed E-state index contributed by atoms with van der Waals surface area (Å²) < 4.78 is 0. The van der Waals surface area contributed by atoms with E-state index in [9.17, 15) is 0 Å². The minimum atomic E-state index is 0.710. The highest BCUT2D eigenvalue weighted by Crippen LogP contribution is 2.38. The van der Waals surface area contributed by atoms with Gasteiger partial charge in [-0.1, -0.05) is 77.7 Å². The summed E-state index contributed by atoms with van der Waals surface area (Å²) in [6.45, 7) is 19.0. The van der Waals surface area contributed by atoms with Gasteiger partial charge in [0, 0.05) is 0 Å². The maximum Gasteiger partial charge on any atom is -0.0257 e. The smallest absolute Gasteiger partial charge is 0.0257 e. The normalized spacial score (nSPS) is 18.6. The van der Waals surface area contributed by atoms with Gasteiger partial charge in [-0.3, -0.25) is 0 Å². The van der Waals surface area contributed by atoms with Crippen LogP contribution in [0.3, 0.4) is 0 Å². The molecule has 0 N–H and O–H groups in total. The molecule has 20 heavy (non-hydrogen) atoms. The van der Waals surface area contributed by atoms with Crippen LogP contribution in [-0.2, 0) is 0 Å². The quantitative estimate of drug-likeness (QED) is 0.496. The Morgan fingerprint density at radius 1 is 0.400 bits per heavy atom. The number of allylic oxidation sites excluding steroid dienone is 4. The van der Waals surface area contributed by atoms with Crippen molar-refractivity contribution < 1.29 is 0 Å². The molecule has 1 aliphatic carbocycles. The monoisotopic (exact) mass is 276 g/mol. The third kappa shape index (κ3) is 4.24. The van der Waals surface area contributed by atoms with Crippen LogP contribution in [0.1, 0.15) is 81.1 Å². The van der Waals surface area contributed by atoms with E-state index < -0.39 is 0 Å². The molecule has 0 saturated carbocycles. The molecular formula is C20H36. The van der Waals surface area contributed by atoms with Gasteiger partial charge < -0.3 is 0 Å². The van der Waals surface area contributed by atoms with Crippen molar-refractivity contribution >= 4 is 0 Å². The molecule has 116 valence electrons. The molecule has 0 heterocycles. The van der Waals surface area contributed by atoms with Crippen molar-refractivity contribution in [2.45, 2.75) is 81.1 Å². The molecular weight excluding hydrogens is 240 g/mol. The van der Waals surface area contributed by atoms with E-state index in [1.807, 2.05) is 0 Å². The summed E-state index contributed by atoms with van der Waals surface area (Å²) in [4.78, 5) is 0. The Morgan fingerprint density at radius 3 is 0.650 bits per heavy atom. The van der Waals surface area contributed by atoms with E-state index in [0.29, 0.717) is 23.7 Å². The Balaban J connectivity index is 3.14. The van der Waals surface area contributed by atoms with Crippen LogP contribution >= 0.6 is 0 Å². The van der Waals surface area contributed by atoms with Crippen LogP contribution in [0.25, 0.3) is 0 Å². The lowest BCUT2D eigenvalue weighted by atomic mass is 9.77. The molecule has 0 aromatic heterocycles. The lowest BCUT2D eigenvalue weighted by molar-refractivity contribution is 0.561. The highest BCUT2D eigenvalue weighted by atomic mass is 14.3. The first-order chi connectivity index (χ1) is 9.25. The number of hydrogen-bond donors (Lipinski definition) is 0. The average Bonchev–Trinajstić information content (AvgIpc) is 2.26. The van der Waals surface area contributed by atoms with Gasteiger partial charge in [0.1, 0.15) is 0 Å². The van der Waals surface area contributed by atoms with E-state index in [-0.39, 0.29) is 0 Å². The van der Waals surface area contributed by atoms with Crippen LogP contribution in [-0.4, -0.2) is 0 Å². The molecule has 1 aliphatic rings. The Labute approximate surface area is 127 Å². The highest BCUT2D eigenvalue weighted by molar-refractivity contribution is 5.27. The van der Waals surface area contributed by atoms with Gasteiger partial charge in [-0.2, -0.15) is 0 Å². The van der Waals surface area contributed by atoms with Crippen LogP contribution in [0.5, 0.6) is 0 Å². The third-order valence-corrected chi connectivity index (χ3v) is 4.94. The Hall–Kier alpha value is -0.520. The van der Waals surface area contributed by atoms with Gasteiger partial charge in [0.2, 0.25) is 0 Å². The van der Waals surface area contributed by atoms with Crippen molar-refractivity contribution in [2.75, 3.05) is 0 Å². The van der Waals surface area contributed by atoms with Gasteiger partial charge in [0.15, 0.2) is 0 Å². The van der Waals surface area contributed by atoms with Gasteiger partial charge in [-0.05, 0) is 49.4 Å². The summed E-state index contributed by atoms with van der Waals surface area (Å²) in [5.41, 5.74) is 7.00. The van der Waals surface area contributed by atoms with Crippen molar-refractivity contribution in [3.05, 3.63) is 22.3 Å². The minimum absolute atomic E-state index is 0.710. The van der Waals surface area contributed by atoms with Crippen molar-refractivity contribution in [2.24, 2.45) is 23.7 Å². The molecule has 0 fully saturated rings. The fraction of sp³-hybridized carbons (Fsp3) is 0.800. The number of rotatable bonds is 4. The van der Waals surface area contributed by atoms with Crippen LogP contribution in [0.2, 0.25) is 0 Å². The summed E-state index contributed by atoms with van der Waals surface area (Å²) in [6, 6.07) is 0. The molecule has 0 atom stereocenters. The van der Waals surface area contributed by atoms with E-state index in [1.165, 1.54) is 25.7 Å². The maximum absolute atomic E-state index is 2.38. The average molecular weight is 277 g/mol. The van der Waals surface area contributed by atoms with Gasteiger partial charge >= 0.3 is 0 Å². The van der Waals surface area contributed by atoms with Crippen molar-refractivity contribution in [1.29, 1.82) is 0 Å². The predicted octanol–water partition coefficient (Wildman–Crippen LogP) is 6.78. The molecule has 0 aromatic carbocycles. The second kappa shape index (κ2) is 7.48. The van der Waals surface area contributed by atoms with Crippen molar-refractivity contribution in [1.82, 2.24) is 0 Å². The molecule has 0 amide bonds. The van der Waals surface area contributed by atoms with Gasteiger partial charge in [-0.25, -0.2) is 0 Å². The molecule has 1 rings (SSSR count). The Kier molecular flexibility index (Phi) is 6.55. The van der Waals surface area contributed by atoms with E-state index in [4.69, 9.17) is 0 Å². The third-order valence-electron chi connectivity index (χ3n) is 4.94. The zero-order chi connectivity index (χ0) is 15.4. The summed E-state index contributed by atoms with van der Waals surface area (Å²) in [5, 5.41) is 0. The maximum atomic E-state index is 2.38. The van der Waals surface area contributed by atoms with Crippen LogP contribution in [0.15, 0.2) is 22.3 Å². The van der Waals surface area contributed by atoms with E-state index in [0.717, 1.165) is 0 Å². The van der Waals surface area contributed by atoms with Crippen molar-refractivity contribution in [3.8, 4) is 0 Å². The lowest BCUT2D eigenvalue weighted by Gasteiger charge is -2.29. The molecule has 0 unspecified atom stereocenters. The van der Waals surface area contributed by atoms with Gasteiger partial charge in [-0.15, -0.1) is 0 Å². The molecule has 0 radical (unpaired) electrons. The summed E-state index contributed by atoms with van der Waals surface area (Å²) in [5.74, 6) is 2.84. The zero-order valence-corrected chi connectivity index (χ0v) is 15.1. The molecule has 0 saturated heterocycles. The molecule has 0 heteroatoms. The Bertz CT molecular complexity index is 301. The minimum Gasteiger partial charge on any atom is -0.0679 e. The molecule has 0 nitrogen and oxygen atoms in total. The first kappa shape index (κ1) is 17.5. The molecule has 0 aromatic rings. The summed E-state index contributed by atoms with van der Waals surface area (Å²) in [6.07, 6.45) is 5.15. The molecule has 0 bridgehead atoms. The predicted molar refractivity (Wildman–Crippen MR) is 91.9 cm³/mol. The first-order valence-electron chi connectivity index (χ1n) is 8.69. The van der Waals surface area contributed by atoms with Crippen LogP contribution < -0.4 is 0 Å². The Morgan fingerprint density at radius 2 is 0.550 bits per heavy atom. The highest BCUT2D eigenvalue weighted by Gasteiger charge is 2.21. The summed E-state index contributed by atoms with van der Waals surface area (Å²) in [7, 11) is 0. The second-order valence-electron chi connectivity index (χ2n) is 7.72. The topological polar surface area (TPSA) is 0 Å². The fourth-order valence-corrected chi connectivity index (χ4v) is 3.82. The SMILES string of the molecule is CC(C)C1=C(C(C)C)CCC(C(C)C)=C(C(C)C)CC1. The van der Waals surface area contributed by atoms with Gasteiger partial charge in [0.25, 0.3) is 0 Å². The van der Waals surface area contributed by atoms with Crippen LogP contribution in [0.4, 0.5) is 0 Å². The zero-order valence-electron chi connectivity index (χ0n) is 15.1. The van der Waals surface area contributed by atoms with Crippen molar-refractivity contribution in [3.63, 3.8) is 0 Å². The number of hydrogen-bond acceptors (Lipinski definition) is 0. The fourth-order valence-electron chi connectivity index (χ4n) is 3.82.